The van der Waals surface area contributed by atoms with E-state index in [2.05, 4.69) is 38.1 Å². The maximum atomic E-state index is 12.2. The summed E-state index contributed by atoms with van der Waals surface area (Å²) in [6, 6.07) is 16.6. The molecule has 0 aliphatic carbocycles. The molecular formula is C24H30O4SSe. The van der Waals surface area contributed by atoms with Gasteiger partial charge in [-0.2, -0.15) is 0 Å². The van der Waals surface area contributed by atoms with Gasteiger partial charge in [-0.3, -0.25) is 0 Å². The van der Waals surface area contributed by atoms with Crippen LogP contribution in [0.5, 0.6) is 5.75 Å². The standard InChI is InChI=1S/C24H30O4SSe/c1-5-29-17(2)20-12-9-13-21(26-3)22(20)30-16-24(19-10-7-6-8-11-19)14-18(15-28-24)23(25)27-4/h6-13,17-18H,5,14-16H2,1-4H3/t17-,18-,24+/m1/s1. The quantitative estimate of drug-likeness (QED) is 0.384. The summed E-state index contributed by atoms with van der Waals surface area (Å²) in [6.45, 7) is 4.85. The van der Waals surface area contributed by atoms with Crippen LogP contribution in [0.3, 0.4) is 0 Å². The average Bonchev–Trinajstić information content (AvgIpc) is 3.23. The van der Waals surface area contributed by atoms with Crippen LogP contribution in [0.25, 0.3) is 0 Å². The third-order valence-corrected chi connectivity index (χ3v) is 9.40. The molecule has 3 rings (SSSR count). The third kappa shape index (κ3) is 5.05. The van der Waals surface area contributed by atoms with Crippen molar-refractivity contribution in [3.05, 3.63) is 59.7 Å². The summed E-state index contributed by atoms with van der Waals surface area (Å²) >= 11 is 2.06. The number of esters is 1. The molecule has 1 heterocycles. The van der Waals surface area contributed by atoms with E-state index in [9.17, 15) is 4.79 Å². The van der Waals surface area contributed by atoms with Crippen LogP contribution in [-0.2, 0) is 19.9 Å². The van der Waals surface area contributed by atoms with Crippen LogP contribution in [0.1, 0.15) is 36.6 Å². The second-order valence-electron chi connectivity index (χ2n) is 7.36. The zero-order valence-electron chi connectivity index (χ0n) is 18.1. The Bertz CT molecular complexity index is 844. The number of rotatable bonds is 9. The van der Waals surface area contributed by atoms with Crippen molar-refractivity contribution in [1.82, 2.24) is 0 Å². The number of hydrogen-bond acceptors (Lipinski definition) is 5. The van der Waals surface area contributed by atoms with Crippen molar-refractivity contribution in [2.24, 2.45) is 5.92 Å². The predicted octanol–water partition coefficient (Wildman–Crippen LogP) is 4.36. The van der Waals surface area contributed by atoms with E-state index < -0.39 is 5.60 Å². The average molecular weight is 494 g/mol. The zero-order chi connectivity index (χ0) is 21.6. The van der Waals surface area contributed by atoms with Crippen LogP contribution in [-0.4, -0.2) is 47.5 Å². The molecule has 1 saturated heterocycles. The Labute approximate surface area is 190 Å². The van der Waals surface area contributed by atoms with Gasteiger partial charge in [-0.05, 0) is 0 Å². The molecule has 2 aromatic rings. The first-order valence-electron chi connectivity index (χ1n) is 10.2. The Balaban J connectivity index is 1.91. The topological polar surface area (TPSA) is 44.8 Å². The minimum atomic E-state index is -0.473. The first-order valence-corrected chi connectivity index (χ1v) is 13.3. The molecule has 1 aliphatic heterocycles. The van der Waals surface area contributed by atoms with Crippen LogP contribution in [0.15, 0.2) is 48.5 Å². The van der Waals surface area contributed by atoms with Gasteiger partial charge in [0.05, 0.1) is 0 Å². The van der Waals surface area contributed by atoms with E-state index in [-0.39, 0.29) is 26.8 Å². The van der Waals surface area contributed by atoms with Crippen LogP contribution in [0.4, 0.5) is 0 Å². The van der Waals surface area contributed by atoms with Gasteiger partial charge in [0.2, 0.25) is 0 Å². The van der Waals surface area contributed by atoms with Crippen LogP contribution in [0.2, 0.25) is 5.32 Å². The Morgan fingerprint density at radius 3 is 2.67 bits per heavy atom. The van der Waals surface area contributed by atoms with Gasteiger partial charge < -0.3 is 0 Å². The molecular weight excluding hydrogens is 463 g/mol. The fraction of sp³-hybridized carbons (Fsp3) is 0.458. The van der Waals surface area contributed by atoms with E-state index in [0.29, 0.717) is 18.3 Å². The molecule has 1 aliphatic rings. The van der Waals surface area contributed by atoms with Gasteiger partial charge in [-0.15, -0.1) is 0 Å². The van der Waals surface area contributed by atoms with Gasteiger partial charge in [0.1, 0.15) is 0 Å². The second kappa shape index (κ2) is 10.7. The van der Waals surface area contributed by atoms with Crippen molar-refractivity contribution < 1.29 is 19.0 Å². The monoisotopic (exact) mass is 494 g/mol. The molecule has 0 N–H and O–H groups in total. The molecule has 0 amide bonds. The number of thioether (sulfide) groups is 1. The molecule has 0 spiro atoms. The number of hydrogen-bond donors (Lipinski definition) is 0. The summed E-state index contributed by atoms with van der Waals surface area (Å²) in [5.74, 6) is 1.61. The van der Waals surface area contributed by atoms with Gasteiger partial charge in [0, 0.05) is 0 Å². The van der Waals surface area contributed by atoms with E-state index in [4.69, 9.17) is 14.2 Å². The number of carbonyl (C=O) groups excluding carboxylic acids is 1. The molecule has 6 heteroatoms. The van der Waals surface area contributed by atoms with Crippen LogP contribution in [0, 0.1) is 5.92 Å². The second-order valence-corrected chi connectivity index (χ2v) is 11.0. The first kappa shape index (κ1) is 23.2. The van der Waals surface area contributed by atoms with E-state index >= 15 is 0 Å². The molecule has 0 saturated carbocycles. The Morgan fingerprint density at radius 2 is 2.00 bits per heavy atom. The molecule has 30 heavy (non-hydrogen) atoms. The van der Waals surface area contributed by atoms with Crippen molar-refractivity contribution in [3.63, 3.8) is 0 Å². The summed E-state index contributed by atoms with van der Waals surface area (Å²) in [6.07, 6.45) is 0.648. The van der Waals surface area contributed by atoms with E-state index in [0.717, 1.165) is 22.4 Å². The van der Waals surface area contributed by atoms with E-state index in [1.165, 1.54) is 17.1 Å². The Kier molecular flexibility index (Phi) is 8.29. The SMILES string of the molecule is CCS[C@H](C)c1cccc(OC)c1[Se]C[C@]1(c2ccccc2)C[C@@H](C(=O)OC)CO1. The molecule has 3 atom stereocenters. The third-order valence-electron chi connectivity index (χ3n) is 5.50. The van der Waals surface area contributed by atoms with Crippen molar-refractivity contribution in [2.45, 2.75) is 36.4 Å². The van der Waals surface area contributed by atoms with E-state index in [1.54, 1.807) is 7.11 Å². The maximum absolute atomic E-state index is 12.2. The molecule has 1 fully saturated rings. The summed E-state index contributed by atoms with van der Waals surface area (Å²) < 4.78 is 18.4. The predicted molar refractivity (Wildman–Crippen MR) is 124 cm³/mol. The zero-order valence-corrected chi connectivity index (χ0v) is 20.6. The van der Waals surface area contributed by atoms with Gasteiger partial charge in [-0.1, -0.05) is 0 Å². The molecule has 4 nitrogen and oxygen atoms in total. The van der Waals surface area contributed by atoms with Gasteiger partial charge >= 0.3 is 190 Å². The molecule has 0 unspecified atom stereocenters. The first-order chi connectivity index (χ1) is 14.5. The fourth-order valence-electron chi connectivity index (χ4n) is 3.92. The molecule has 0 radical (unpaired) electrons. The summed E-state index contributed by atoms with van der Waals surface area (Å²) in [4.78, 5) is 12.2. The molecule has 0 bridgehead atoms. The van der Waals surface area contributed by atoms with Crippen LogP contribution >= 0.6 is 11.8 Å². The van der Waals surface area contributed by atoms with Crippen molar-refractivity contribution in [3.8, 4) is 5.75 Å². The molecule has 162 valence electrons. The number of benzene rings is 2. The molecule has 0 aromatic heterocycles. The van der Waals surface area contributed by atoms with Crippen molar-refractivity contribution in [1.29, 1.82) is 0 Å². The summed E-state index contributed by atoms with van der Waals surface area (Å²) in [5.41, 5.74) is 2.00. The minimum absolute atomic E-state index is 0.116. The summed E-state index contributed by atoms with van der Waals surface area (Å²) in [7, 11) is 3.19. The number of methoxy groups -OCH3 is 2. The van der Waals surface area contributed by atoms with Gasteiger partial charge in [0.25, 0.3) is 0 Å². The number of ether oxygens (including phenoxy) is 3. The Hall–Kier alpha value is -1.46. The molecule has 2 aromatic carbocycles. The fourth-order valence-corrected chi connectivity index (χ4v) is 8.01. The normalized spacial score (nSPS) is 21.9. The van der Waals surface area contributed by atoms with Gasteiger partial charge in [-0.25, -0.2) is 0 Å². The Morgan fingerprint density at radius 1 is 1.23 bits per heavy atom. The van der Waals surface area contributed by atoms with Gasteiger partial charge in [0.15, 0.2) is 0 Å². The van der Waals surface area contributed by atoms with Crippen molar-refractivity contribution >= 4 is 37.1 Å². The number of carbonyl (C=O) groups is 1. The summed E-state index contributed by atoms with van der Waals surface area (Å²) in [5, 5.41) is 1.25. The van der Waals surface area contributed by atoms with E-state index in [1.807, 2.05) is 36.0 Å². The van der Waals surface area contributed by atoms with Crippen molar-refractivity contribution in [2.75, 3.05) is 26.6 Å². The van der Waals surface area contributed by atoms with Crippen LogP contribution < -0.4 is 9.20 Å².